The quantitative estimate of drug-likeness (QED) is 0.181. The molecule has 0 N–H and O–H groups in total. The van der Waals surface area contributed by atoms with Crippen molar-refractivity contribution in [3.8, 4) is 11.4 Å². The van der Waals surface area contributed by atoms with Crippen LogP contribution in [0.5, 0.6) is 5.75 Å². The summed E-state index contributed by atoms with van der Waals surface area (Å²) in [4.78, 5) is 7.70. The number of imidazole rings is 1. The number of benzene rings is 2. The molecule has 158 valence electrons. The van der Waals surface area contributed by atoms with Crippen LogP contribution in [0.4, 0.5) is 0 Å². The molecule has 0 bridgehead atoms. The van der Waals surface area contributed by atoms with Gasteiger partial charge in [0.2, 0.25) is 8.32 Å². The van der Waals surface area contributed by atoms with Crippen molar-refractivity contribution >= 4 is 19.4 Å². The molecule has 0 unspecified atom stereocenters. The minimum absolute atomic E-state index is 0.149. The van der Waals surface area contributed by atoms with Crippen molar-refractivity contribution < 1.29 is 4.43 Å². The molecule has 0 fully saturated rings. The third kappa shape index (κ3) is 4.53. The fraction of sp³-hybridized carbons (Fsp3) is 0.435. The SMILES string of the molecule is CCc1nc2cc(O[Si](C)(C)C(C)(C)C)ccc2n1-c1ccc(CCN=[N+]=[N-])cc1. The minimum Gasteiger partial charge on any atom is -0.543 e. The van der Waals surface area contributed by atoms with Crippen LogP contribution in [0.15, 0.2) is 47.6 Å². The van der Waals surface area contributed by atoms with E-state index in [0.29, 0.717) is 6.54 Å². The molecular weight excluding hydrogens is 390 g/mol. The molecule has 2 aromatic carbocycles. The van der Waals surface area contributed by atoms with E-state index in [1.807, 2.05) is 0 Å². The molecule has 30 heavy (non-hydrogen) atoms. The molecule has 0 radical (unpaired) electrons. The fourth-order valence-corrected chi connectivity index (χ4v) is 4.20. The van der Waals surface area contributed by atoms with E-state index < -0.39 is 8.32 Å². The molecule has 0 saturated carbocycles. The van der Waals surface area contributed by atoms with E-state index in [1.54, 1.807) is 0 Å². The lowest BCUT2D eigenvalue weighted by Gasteiger charge is -2.36. The molecule has 0 amide bonds. The van der Waals surface area contributed by atoms with Crippen LogP contribution in [-0.4, -0.2) is 24.4 Å². The van der Waals surface area contributed by atoms with Crippen LogP contribution in [0.3, 0.4) is 0 Å². The van der Waals surface area contributed by atoms with Gasteiger partial charge < -0.3 is 4.43 Å². The minimum atomic E-state index is -1.90. The first kappa shape index (κ1) is 21.9. The van der Waals surface area contributed by atoms with Crippen molar-refractivity contribution in [3.63, 3.8) is 0 Å². The van der Waals surface area contributed by atoms with Gasteiger partial charge in [0.1, 0.15) is 11.6 Å². The van der Waals surface area contributed by atoms with E-state index in [9.17, 15) is 0 Å². The van der Waals surface area contributed by atoms with E-state index in [0.717, 1.165) is 46.7 Å². The first-order valence-corrected chi connectivity index (χ1v) is 13.4. The standard InChI is InChI=1S/C23H31N5OSi/c1-7-22-26-20-16-19(29-30(5,6)23(2,3)4)12-13-21(20)28(22)18-10-8-17(9-11-18)14-15-25-27-24/h8-13,16H,7,14-15H2,1-6H3. The summed E-state index contributed by atoms with van der Waals surface area (Å²) in [5, 5.41) is 3.76. The van der Waals surface area contributed by atoms with Crippen LogP contribution in [-0.2, 0) is 12.8 Å². The lowest BCUT2D eigenvalue weighted by molar-refractivity contribution is 0.492. The Balaban J connectivity index is 1.95. The maximum atomic E-state index is 8.43. The number of hydrogen-bond donors (Lipinski definition) is 0. The summed E-state index contributed by atoms with van der Waals surface area (Å²) in [6, 6.07) is 14.6. The molecular formula is C23H31N5OSi. The maximum absolute atomic E-state index is 8.43. The Morgan fingerprint density at radius 3 is 2.43 bits per heavy atom. The van der Waals surface area contributed by atoms with Gasteiger partial charge in [-0.05, 0) is 59.9 Å². The van der Waals surface area contributed by atoms with Crippen molar-refractivity contribution in [2.75, 3.05) is 6.54 Å². The lowest BCUT2D eigenvalue weighted by atomic mass is 10.1. The third-order valence-electron chi connectivity index (χ3n) is 5.95. The monoisotopic (exact) mass is 421 g/mol. The van der Waals surface area contributed by atoms with Gasteiger partial charge in [-0.15, -0.1) is 0 Å². The second kappa shape index (κ2) is 8.54. The van der Waals surface area contributed by atoms with Crippen molar-refractivity contribution in [2.24, 2.45) is 5.11 Å². The second-order valence-corrected chi connectivity index (χ2v) is 13.8. The predicted octanol–water partition coefficient (Wildman–Crippen LogP) is 6.82. The zero-order valence-electron chi connectivity index (χ0n) is 18.8. The Hall–Kier alpha value is -2.76. The average Bonchev–Trinajstić information content (AvgIpc) is 3.05. The van der Waals surface area contributed by atoms with Crippen LogP contribution in [0.1, 0.15) is 39.1 Å². The molecule has 0 atom stereocenters. The van der Waals surface area contributed by atoms with E-state index in [4.69, 9.17) is 14.9 Å². The zero-order chi connectivity index (χ0) is 21.9. The van der Waals surface area contributed by atoms with E-state index in [1.165, 1.54) is 0 Å². The van der Waals surface area contributed by atoms with Crippen LogP contribution in [0, 0.1) is 0 Å². The first-order valence-electron chi connectivity index (χ1n) is 10.5. The predicted molar refractivity (Wildman–Crippen MR) is 126 cm³/mol. The Kier molecular flexibility index (Phi) is 6.24. The lowest BCUT2D eigenvalue weighted by Crippen LogP contribution is -2.43. The number of nitrogens with zero attached hydrogens (tertiary/aromatic N) is 5. The third-order valence-corrected chi connectivity index (χ3v) is 10.3. The van der Waals surface area contributed by atoms with Crippen molar-refractivity contribution in [2.45, 2.75) is 58.7 Å². The van der Waals surface area contributed by atoms with Gasteiger partial charge in [0.25, 0.3) is 0 Å². The highest BCUT2D eigenvalue weighted by atomic mass is 28.4. The summed E-state index contributed by atoms with van der Waals surface area (Å²) in [7, 11) is -1.90. The van der Waals surface area contributed by atoms with Gasteiger partial charge in [-0.25, -0.2) is 4.98 Å². The second-order valence-electron chi connectivity index (χ2n) is 9.10. The molecule has 7 heteroatoms. The Morgan fingerprint density at radius 2 is 1.83 bits per heavy atom. The molecule has 3 rings (SSSR count). The van der Waals surface area contributed by atoms with Crippen molar-refractivity contribution in [1.29, 1.82) is 0 Å². The maximum Gasteiger partial charge on any atom is 0.250 e. The van der Waals surface area contributed by atoms with E-state index in [-0.39, 0.29) is 5.04 Å². The topological polar surface area (TPSA) is 75.8 Å². The summed E-state index contributed by atoms with van der Waals surface area (Å²) in [6.45, 7) is 13.9. The highest BCUT2D eigenvalue weighted by Gasteiger charge is 2.39. The van der Waals surface area contributed by atoms with E-state index in [2.05, 4.69) is 97.8 Å². The van der Waals surface area contributed by atoms with Crippen molar-refractivity contribution in [3.05, 3.63) is 64.3 Å². The Bertz CT molecular complexity index is 1070. The first-order chi connectivity index (χ1) is 14.2. The van der Waals surface area contributed by atoms with Gasteiger partial charge in [0.05, 0.1) is 11.0 Å². The van der Waals surface area contributed by atoms with Crippen LogP contribution >= 0.6 is 0 Å². The Labute approximate surface area is 179 Å². The molecule has 0 saturated heterocycles. The number of aromatic nitrogens is 2. The molecule has 3 aromatic rings. The Morgan fingerprint density at radius 1 is 1.13 bits per heavy atom. The highest BCUT2D eigenvalue weighted by Crippen LogP contribution is 2.38. The molecule has 0 aliphatic rings. The molecule has 6 nitrogen and oxygen atoms in total. The molecule has 0 aliphatic carbocycles. The number of rotatable bonds is 7. The molecule has 0 spiro atoms. The number of hydrogen-bond acceptors (Lipinski definition) is 3. The average molecular weight is 422 g/mol. The summed E-state index contributed by atoms with van der Waals surface area (Å²) in [5.74, 6) is 1.92. The van der Waals surface area contributed by atoms with Crippen LogP contribution in [0.2, 0.25) is 18.1 Å². The van der Waals surface area contributed by atoms with Gasteiger partial charge >= 0.3 is 0 Å². The van der Waals surface area contributed by atoms with Crippen molar-refractivity contribution in [1.82, 2.24) is 9.55 Å². The number of aryl methyl sites for hydroxylation is 1. The number of fused-ring (bicyclic) bond motifs is 1. The normalized spacial score (nSPS) is 12.1. The number of azide groups is 1. The van der Waals surface area contributed by atoms with Gasteiger partial charge in [-0.1, -0.05) is 44.9 Å². The summed E-state index contributed by atoms with van der Waals surface area (Å²) >= 11 is 0. The largest absolute Gasteiger partial charge is 0.543 e. The molecule has 1 aromatic heterocycles. The zero-order valence-corrected chi connectivity index (χ0v) is 19.8. The summed E-state index contributed by atoms with van der Waals surface area (Å²) in [5.41, 5.74) is 12.7. The van der Waals surface area contributed by atoms with Gasteiger partial charge in [-0.3, -0.25) is 4.57 Å². The van der Waals surface area contributed by atoms with Gasteiger partial charge in [0.15, 0.2) is 0 Å². The molecule has 1 heterocycles. The van der Waals surface area contributed by atoms with Gasteiger partial charge in [0, 0.05) is 29.6 Å². The molecule has 0 aliphatic heterocycles. The van der Waals surface area contributed by atoms with Crippen LogP contribution < -0.4 is 4.43 Å². The van der Waals surface area contributed by atoms with Crippen LogP contribution in [0.25, 0.3) is 27.2 Å². The summed E-state index contributed by atoms with van der Waals surface area (Å²) in [6.07, 6.45) is 1.58. The smallest absolute Gasteiger partial charge is 0.250 e. The summed E-state index contributed by atoms with van der Waals surface area (Å²) < 4.78 is 8.69. The van der Waals surface area contributed by atoms with E-state index >= 15 is 0 Å². The van der Waals surface area contributed by atoms with Gasteiger partial charge in [-0.2, -0.15) is 0 Å². The fourth-order valence-electron chi connectivity index (χ4n) is 3.18. The highest BCUT2D eigenvalue weighted by molar-refractivity contribution is 6.74.